The fraction of sp³-hybridized carbons (Fsp3) is 0.333. The first-order valence-electron chi connectivity index (χ1n) is 1.95. The van der Waals surface area contributed by atoms with Gasteiger partial charge in [0.05, 0.1) is 0 Å². The summed E-state index contributed by atoms with van der Waals surface area (Å²) >= 11 is 0. The van der Waals surface area contributed by atoms with Crippen molar-refractivity contribution < 1.29 is 18.0 Å². The van der Waals surface area contributed by atoms with Gasteiger partial charge >= 0.3 is 11.9 Å². The molecule has 0 aromatic rings. The third kappa shape index (κ3) is 1.18. The maximum atomic E-state index is 11.5. The van der Waals surface area contributed by atoms with Crippen LogP contribution in [0, 0.1) is 0 Å². The first-order chi connectivity index (χ1) is 4.11. The molecular weight excluding hydrogens is 137 g/mol. The van der Waals surface area contributed by atoms with Gasteiger partial charge in [0.1, 0.15) is 0 Å². The minimum atomic E-state index is -4.44. The van der Waals surface area contributed by atoms with Crippen LogP contribution in [0.15, 0.2) is 17.2 Å². The fourth-order valence-corrected chi connectivity index (χ4v) is 0.288. The zero-order chi connectivity index (χ0) is 6.91. The highest BCUT2D eigenvalue weighted by Crippen LogP contribution is 2.24. The monoisotopic (exact) mass is 138 g/mol. The van der Waals surface area contributed by atoms with Gasteiger partial charge in [-0.3, -0.25) is 0 Å². The molecule has 1 radical (unpaired) electrons. The number of alkyl halides is 3. The summed E-state index contributed by atoms with van der Waals surface area (Å²) < 4.78 is 34.4. The third-order valence-corrected chi connectivity index (χ3v) is 0.650. The van der Waals surface area contributed by atoms with E-state index in [9.17, 15) is 13.2 Å². The van der Waals surface area contributed by atoms with Gasteiger partial charge in [-0.15, -0.1) is 0 Å². The summed E-state index contributed by atoms with van der Waals surface area (Å²) in [5.41, 5.74) is -1.11. The Labute approximate surface area is 47.8 Å². The molecule has 0 unspecified atom stereocenters. The van der Waals surface area contributed by atoms with Gasteiger partial charge in [-0.05, 0) is 0 Å². The van der Waals surface area contributed by atoms with E-state index < -0.39 is 11.9 Å². The zero-order valence-electron chi connectivity index (χ0n) is 4.01. The Bertz CT molecular complexity index is 170. The van der Waals surface area contributed by atoms with Crippen LogP contribution < -0.4 is 5.11 Å². The molecule has 0 fully saturated rings. The topological polar surface area (TPSA) is 35.7 Å². The molecule has 6 heteroatoms. The van der Waals surface area contributed by atoms with E-state index in [1.54, 1.807) is 0 Å². The average Bonchev–Trinajstić information content (AvgIpc) is 2.08. The highest BCUT2D eigenvalue weighted by Gasteiger charge is 2.48. The molecule has 0 atom stereocenters. The molecule has 9 heavy (non-hydrogen) atoms. The quantitative estimate of drug-likeness (QED) is 0.494. The van der Waals surface area contributed by atoms with Gasteiger partial charge in [0.15, 0.2) is 0 Å². The molecule has 0 N–H and O–H groups in total. The molecule has 1 aliphatic heterocycles. The average molecular weight is 138 g/mol. The zero-order valence-corrected chi connectivity index (χ0v) is 4.01. The number of hydrogen-bond donors (Lipinski definition) is 0. The lowest BCUT2D eigenvalue weighted by atomic mass is 10.5. The summed E-state index contributed by atoms with van der Waals surface area (Å²) in [6, 6.07) is 0. The molecule has 0 saturated carbocycles. The summed E-state index contributed by atoms with van der Waals surface area (Å²) in [4.78, 5) is 3.86. The summed E-state index contributed by atoms with van der Waals surface area (Å²) in [7, 11) is 0. The molecule has 1 heterocycles. The molecule has 1 rings (SSSR count). The first-order valence-corrected chi connectivity index (χ1v) is 1.95. The normalized spacial score (nSPS) is 17.4. The van der Waals surface area contributed by atoms with Gasteiger partial charge in [0.2, 0.25) is 6.26 Å². The van der Waals surface area contributed by atoms with E-state index in [1.165, 1.54) is 0 Å². The highest BCUT2D eigenvalue weighted by molar-refractivity contribution is 5.01. The van der Waals surface area contributed by atoms with Crippen molar-refractivity contribution in [2.24, 2.45) is 5.28 Å². The molecule has 0 bridgehead atoms. The SMILES string of the molecule is FC(F)(F)C1=CON=[N+]1. The van der Waals surface area contributed by atoms with Crippen molar-refractivity contribution in [1.82, 2.24) is 5.11 Å². The minimum absolute atomic E-state index is 0.444. The molecule has 49 valence electrons. The largest absolute Gasteiger partial charge is 0.491 e. The first kappa shape index (κ1) is 6.06. The lowest BCUT2D eigenvalue weighted by Crippen LogP contribution is -2.12. The molecule has 0 aromatic carbocycles. The van der Waals surface area contributed by atoms with Gasteiger partial charge < -0.3 is 4.84 Å². The van der Waals surface area contributed by atoms with E-state index in [2.05, 4.69) is 15.2 Å². The predicted octanol–water partition coefficient (Wildman–Crippen LogP) is 1.12. The second-order valence-electron chi connectivity index (χ2n) is 1.29. The van der Waals surface area contributed by atoms with Crippen molar-refractivity contribution in [2.75, 3.05) is 0 Å². The van der Waals surface area contributed by atoms with Crippen LogP contribution in [0.3, 0.4) is 0 Å². The number of nitrogens with zero attached hydrogens (tertiary/aromatic N) is 2. The van der Waals surface area contributed by atoms with Crippen LogP contribution in [0.4, 0.5) is 13.2 Å². The second-order valence-corrected chi connectivity index (χ2v) is 1.29. The maximum absolute atomic E-state index is 11.5. The lowest BCUT2D eigenvalue weighted by Gasteiger charge is -1.89. The van der Waals surface area contributed by atoms with Crippen LogP contribution in [0.2, 0.25) is 0 Å². The summed E-state index contributed by atoms with van der Waals surface area (Å²) in [5.74, 6) is 0. The number of allylic oxidation sites excluding steroid dienone is 1. The van der Waals surface area contributed by atoms with E-state index >= 15 is 0 Å². The minimum Gasteiger partial charge on any atom is -0.303 e. The summed E-state index contributed by atoms with van der Waals surface area (Å²) in [6.07, 6.45) is -4.00. The van der Waals surface area contributed by atoms with Gasteiger partial charge in [0.25, 0.3) is 10.4 Å². The summed E-state index contributed by atoms with van der Waals surface area (Å²) in [6.45, 7) is 0. The molecule has 0 spiro atoms. The predicted molar refractivity (Wildman–Crippen MR) is 19.8 cm³/mol. The standard InChI is InChI=1S/C3HF3N2O/c4-3(5,6)2-1-9-8-7-2/h1H/q+1. The Morgan fingerprint density at radius 2 is 2.22 bits per heavy atom. The molecule has 0 amide bonds. The van der Waals surface area contributed by atoms with Crippen molar-refractivity contribution in [1.29, 1.82) is 0 Å². The molecular formula is C3HF3N2O+. The van der Waals surface area contributed by atoms with Crippen molar-refractivity contribution in [2.45, 2.75) is 6.18 Å². The van der Waals surface area contributed by atoms with Gasteiger partial charge in [-0.25, -0.2) is 0 Å². The van der Waals surface area contributed by atoms with Crippen LogP contribution in [-0.2, 0) is 4.84 Å². The van der Waals surface area contributed by atoms with Gasteiger partial charge in [0, 0.05) is 0 Å². The molecule has 3 nitrogen and oxygen atoms in total. The summed E-state index contributed by atoms with van der Waals surface area (Å²) in [5, 5.41) is 5.29. The Morgan fingerprint density at radius 3 is 2.44 bits per heavy atom. The van der Waals surface area contributed by atoms with Crippen molar-refractivity contribution >= 4 is 0 Å². The van der Waals surface area contributed by atoms with Crippen LogP contribution in [0.1, 0.15) is 0 Å². The van der Waals surface area contributed by atoms with Crippen molar-refractivity contribution in [3.05, 3.63) is 12.0 Å². The van der Waals surface area contributed by atoms with Crippen LogP contribution >= 0.6 is 0 Å². The lowest BCUT2D eigenvalue weighted by molar-refractivity contribution is -0.0947. The highest BCUT2D eigenvalue weighted by atomic mass is 19.4. The van der Waals surface area contributed by atoms with E-state index in [0.29, 0.717) is 6.26 Å². The van der Waals surface area contributed by atoms with E-state index in [0.717, 1.165) is 0 Å². The van der Waals surface area contributed by atoms with Crippen molar-refractivity contribution in [3.63, 3.8) is 0 Å². The third-order valence-electron chi connectivity index (χ3n) is 0.650. The number of halogens is 3. The van der Waals surface area contributed by atoms with E-state index in [1.807, 2.05) is 0 Å². The Hall–Kier alpha value is -1.07. The Balaban J connectivity index is 2.73. The number of rotatable bonds is 0. The van der Waals surface area contributed by atoms with E-state index in [-0.39, 0.29) is 0 Å². The smallest absolute Gasteiger partial charge is 0.303 e. The molecule has 0 aromatic heterocycles. The van der Waals surface area contributed by atoms with Crippen LogP contribution in [0.5, 0.6) is 0 Å². The molecule has 0 saturated heterocycles. The van der Waals surface area contributed by atoms with Gasteiger partial charge in [-0.1, -0.05) is 0 Å². The van der Waals surface area contributed by atoms with E-state index in [4.69, 9.17) is 0 Å². The van der Waals surface area contributed by atoms with Crippen LogP contribution in [-0.4, -0.2) is 6.18 Å². The molecule has 0 aliphatic carbocycles. The molecule has 1 aliphatic rings. The Kier molecular flexibility index (Phi) is 1.15. The van der Waals surface area contributed by atoms with Gasteiger partial charge in [-0.2, -0.15) is 13.2 Å². The van der Waals surface area contributed by atoms with Crippen LogP contribution in [0.25, 0.3) is 0 Å². The fourth-order valence-electron chi connectivity index (χ4n) is 0.288. The van der Waals surface area contributed by atoms with Crippen molar-refractivity contribution in [3.8, 4) is 0 Å². The second kappa shape index (κ2) is 1.71. The maximum Gasteiger partial charge on any atom is 0.491 e. The Morgan fingerprint density at radius 1 is 1.56 bits per heavy atom. The number of hydrogen-bond acceptors (Lipinski definition) is 3.